The number of likely N-dealkylation sites (tertiary alicyclic amines) is 1. The quantitative estimate of drug-likeness (QED) is 0.664. The molecule has 0 bridgehead atoms. The number of hydrogen-bond acceptors (Lipinski definition) is 4. The van der Waals surface area contributed by atoms with E-state index in [1.807, 2.05) is 0 Å². The molecule has 0 aromatic heterocycles. The molecule has 1 aliphatic rings. The van der Waals surface area contributed by atoms with Gasteiger partial charge in [0.15, 0.2) is 0 Å². The van der Waals surface area contributed by atoms with Gasteiger partial charge in [-0.05, 0) is 36.6 Å². The Kier molecular flexibility index (Phi) is 4.33. The number of nitro groups is 1. The SMILES string of the molecule is O=C(Nc1cccc([N+](=O)[O-])c1)N1CCCC1c1ccc(O)cc1. The first-order valence-electron chi connectivity index (χ1n) is 7.65. The highest BCUT2D eigenvalue weighted by molar-refractivity contribution is 5.90. The average Bonchev–Trinajstić information content (AvgIpc) is 3.05. The van der Waals surface area contributed by atoms with Crippen LogP contribution in [0.5, 0.6) is 5.75 Å². The van der Waals surface area contributed by atoms with E-state index in [2.05, 4.69) is 5.32 Å². The third-order valence-corrected chi connectivity index (χ3v) is 4.10. The van der Waals surface area contributed by atoms with Crippen molar-refractivity contribution in [2.45, 2.75) is 18.9 Å². The van der Waals surface area contributed by atoms with Gasteiger partial charge in [-0.15, -0.1) is 0 Å². The van der Waals surface area contributed by atoms with Crippen LogP contribution in [0.4, 0.5) is 16.2 Å². The van der Waals surface area contributed by atoms with Crippen LogP contribution in [0, 0.1) is 10.1 Å². The number of nitrogens with one attached hydrogen (secondary N) is 1. The van der Waals surface area contributed by atoms with Crippen LogP contribution in [0.1, 0.15) is 24.4 Å². The van der Waals surface area contributed by atoms with Gasteiger partial charge in [0.25, 0.3) is 5.69 Å². The van der Waals surface area contributed by atoms with E-state index >= 15 is 0 Å². The second kappa shape index (κ2) is 6.57. The lowest BCUT2D eigenvalue weighted by atomic mass is 10.0. The first-order valence-corrected chi connectivity index (χ1v) is 7.65. The van der Waals surface area contributed by atoms with Crippen LogP contribution in [-0.2, 0) is 0 Å². The van der Waals surface area contributed by atoms with Crippen LogP contribution in [0.3, 0.4) is 0 Å². The summed E-state index contributed by atoms with van der Waals surface area (Å²) < 4.78 is 0. The predicted molar refractivity (Wildman–Crippen MR) is 88.9 cm³/mol. The van der Waals surface area contributed by atoms with Crippen LogP contribution >= 0.6 is 0 Å². The van der Waals surface area contributed by atoms with E-state index in [-0.39, 0.29) is 23.5 Å². The van der Waals surface area contributed by atoms with Gasteiger partial charge in [0.1, 0.15) is 5.75 Å². The van der Waals surface area contributed by atoms with Crippen LogP contribution < -0.4 is 5.32 Å². The summed E-state index contributed by atoms with van der Waals surface area (Å²) in [4.78, 5) is 24.6. The summed E-state index contributed by atoms with van der Waals surface area (Å²) in [6.45, 7) is 0.617. The third kappa shape index (κ3) is 3.29. The van der Waals surface area contributed by atoms with Gasteiger partial charge < -0.3 is 15.3 Å². The van der Waals surface area contributed by atoms with Crippen molar-refractivity contribution in [3.63, 3.8) is 0 Å². The summed E-state index contributed by atoms with van der Waals surface area (Å²) in [5.74, 6) is 0.185. The van der Waals surface area contributed by atoms with E-state index in [0.717, 1.165) is 18.4 Å². The molecule has 1 aliphatic heterocycles. The fourth-order valence-corrected chi connectivity index (χ4v) is 2.95. The van der Waals surface area contributed by atoms with Crippen molar-refractivity contribution < 1.29 is 14.8 Å². The Bertz CT molecular complexity index is 761. The standard InChI is InChI=1S/C17H17N3O4/c21-15-8-6-12(7-9-15)16-5-2-10-19(16)17(22)18-13-3-1-4-14(11-13)20(23)24/h1,3-4,6-9,11,16,21H,2,5,10H2,(H,18,22). The average molecular weight is 327 g/mol. The van der Waals surface area contributed by atoms with Gasteiger partial charge in [0, 0.05) is 24.4 Å². The molecule has 1 unspecified atom stereocenters. The zero-order chi connectivity index (χ0) is 17.1. The van der Waals surface area contributed by atoms with E-state index in [9.17, 15) is 20.0 Å². The van der Waals surface area contributed by atoms with Gasteiger partial charge in [-0.25, -0.2) is 4.79 Å². The minimum Gasteiger partial charge on any atom is -0.508 e. The van der Waals surface area contributed by atoms with Gasteiger partial charge in [0.2, 0.25) is 0 Å². The molecule has 7 heteroatoms. The minimum atomic E-state index is -0.495. The first-order chi connectivity index (χ1) is 11.5. The maximum absolute atomic E-state index is 12.5. The van der Waals surface area contributed by atoms with Gasteiger partial charge >= 0.3 is 6.03 Å². The number of carbonyl (C=O) groups is 1. The Morgan fingerprint density at radius 1 is 1.25 bits per heavy atom. The number of urea groups is 1. The highest BCUT2D eigenvalue weighted by Gasteiger charge is 2.30. The molecule has 0 aliphatic carbocycles. The molecular formula is C17H17N3O4. The largest absolute Gasteiger partial charge is 0.508 e. The number of hydrogen-bond donors (Lipinski definition) is 2. The number of nitrogens with zero attached hydrogens (tertiary/aromatic N) is 2. The zero-order valence-corrected chi connectivity index (χ0v) is 12.9. The molecule has 24 heavy (non-hydrogen) atoms. The highest BCUT2D eigenvalue weighted by atomic mass is 16.6. The summed E-state index contributed by atoms with van der Waals surface area (Å²) in [5, 5.41) is 22.9. The van der Waals surface area contributed by atoms with Crippen LogP contribution in [0.2, 0.25) is 0 Å². The predicted octanol–water partition coefficient (Wildman–Crippen LogP) is 3.67. The number of benzene rings is 2. The molecule has 7 nitrogen and oxygen atoms in total. The lowest BCUT2D eigenvalue weighted by Gasteiger charge is -2.25. The number of amides is 2. The number of phenols is 1. The third-order valence-electron chi connectivity index (χ3n) is 4.10. The summed E-state index contributed by atoms with van der Waals surface area (Å²) in [6.07, 6.45) is 1.72. The molecule has 0 radical (unpaired) electrons. The normalized spacial score (nSPS) is 16.8. The van der Waals surface area contributed by atoms with Crippen LogP contribution in [-0.4, -0.2) is 27.5 Å². The molecule has 0 spiro atoms. The second-order valence-corrected chi connectivity index (χ2v) is 5.68. The summed E-state index contributed by atoms with van der Waals surface area (Å²) >= 11 is 0. The molecule has 1 saturated heterocycles. The fraction of sp³-hybridized carbons (Fsp3) is 0.235. The lowest BCUT2D eigenvalue weighted by molar-refractivity contribution is -0.384. The Hall–Kier alpha value is -3.09. The topological polar surface area (TPSA) is 95.7 Å². The van der Waals surface area contributed by atoms with E-state index in [4.69, 9.17) is 0 Å². The van der Waals surface area contributed by atoms with Crippen molar-refractivity contribution in [1.82, 2.24) is 4.90 Å². The van der Waals surface area contributed by atoms with Crippen molar-refractivity contribution in [3.05, 3.63) is 64.2 Å². The van der Waals surface area contributed by atoms with Crippen LogP contribution in [0.25, 0.3) is 0 Å². The van der Waals surface area contributed by atoms with E-state index in [1.54, 1.807) is 35.2 Å². The fourth-order valence-electron chi connectivity index (χ4n) is 2.95. The number of carbonyl (C=O) groups excluding carboxylic acids is 1. The Labute approximate surface area is 138 Å². The second-order valence-electron chi connectivity index (χ2n) is 5.68. The van der Waals surface area contributed by atoms with E-state index < -0.39 is 4.92 Å². The molecule has 1 heterocycles. The summed E-state index contributed by atoms with van der Waals surface area (Å²) in [6, 6.07) is 12.3. The van der Waals surface area contributed by atoms with Crippen molar-refractivity contribution in [2.75, 3.05) is 11.9 Å². The number of nitro benzene ring substituents is 1. The summed E-state index contributed by atoms with van der Waals surface area (Å²) in [5.41, 5.74) is 1.29. The van der Waals surface area contributed by atoms with Crippen molar-refractivity contribution >= 4 is 17.4 Å². The highest BCUT2D eigenvalue weighted by Crippen LogP contribution is 2.33. The van der Waals surface area contributed by atoms with Gasteiger partial charge in [0.05, 0.1) is 11.0 Å². The summed E-state index contributed by atoms with van der Waals surface area (Å²) in [7, 11) is 0. The molecule has 1 atom stereocenters. The maximum atomic E-state index is 12.5. The lowest BCUT2D eigenvalue weighted by Crippen LogP contribution is -2.34. The van der Waals surface area contributed by atoms with Gasteiger partial charge in [-0.2, -0.15) is 0 Å². The Morgan fingerprint density at radius 2 is 2.00 bits per heavy atom. The number of phenolic OH excluding ortho intramolecular Hbond substituents is 1. The van der Waals surface area contributed by atoms with Gasteiger partial charge in [-0.1, -0.05) is 18.2 Å². The monoisotopic (exact) mass is 327 g/mol. The number of non-ortho nitro benzene ring substituents is 1. The smallest absolute Gasteiger partial charge is 0.322 e. The molecule has 3 rings (SSSR count). The molecule has 2 aromatic rings. The van der Waals surface area contributed by atoms with E-state index in [0.29, 0.717) is 12.2 Å². The zero-order valence-electron chi connectivity index (χ0n) is 12.9. The Morgan fingerprint density at radius 3 is 2.71 bits per heavy atom. The van der Waals surface area contributed by atoms with Crippen molar-refractivity contribution in [2.24, 2.45) is 0 Å². The molecule has 0 saturated carbocycles. The first kappa shape index (κ1) is 15.8. The Balaban J connectivity index is 1.75. The van der Waals surface area contributed by atoms with Gasteiger partial charge in [-0.3, -0.25) is 10.1 Å². The maximum Gasteiger partial charge on any atom is 0.322 e. The number of aromatic hydroxyl groups is 1. The molecule has 2 N–H and O–H groups in total. The molecule has 2 aromatic carbocycles. The number of anilines is 1. The number of rotatable bonds is 3. The van der Waals surface area contributed by atoms with Crippen molar-refractivity contribution in [1.29, 1.82) is 0 Å². The molecule has 1 fully saturated rings. The van der Waals surface area contributed by atoms with E-state index in [1.165, 1.54) is 18.2 Å². The molecular weight excluding hydrogens is 310 g/mol. The molecule has 2 amide bonds. The molecule has 124 valence electrons. The van der Waals surface area contributed by atoms with Crippen LogP contribution in [0.15, 0.2) is 48.5 Å². The minimum absolute atomic E-state index is 0.0655. The van der Waals surface area contributed by atoms with Crippen molar-refractivity contribution in [3.8, 4) is 5.75 Å².